The van der Waals surface area contributed by atoms with Crippen LogP contribution in [0.1, 0.15) is 38.5 Å². The van der Waals surface area contributed by atoms with Gasteiger partial charge in [-0.3, -0.25) is 14.5 Å². The molecule has 100 valence electrons. The summed E-state index contributed by atoms with van der Waals surface area (Å²) in [7, 11) is 0. The summed E-state index contributed by atoms with van der Waals surface area (Å²) in [5.74, 6) is 1.64. The van der Waals surface area contributed by atoms with E-state index in [9.17, 15) is 9.59 Å². The second-order valence-electron chi connectivity index (χ2n) is 5.98. The van der Waals surface area contributed by atoms with Gasteiger partial charge in [-0.1, -0.05) is 0 Å². The van der Waals surface area contributed by atoms with Crippen LogP contribution in [0.3, 0.4) is 0 Å². The summed E-state index contributed by atoms with van der Waals surface area (Å²) in [4.78, 5) is 27.5. The first-order chi connectivity index (χ1) is 8.74. The third-order valence-electron chi connectivity index (χ3n) is 4.90. The Morgan fingerprint density at radius 2 is 1.72 bits per heavy atom. The van der Waals surface area contributed by atoms with Gasteiger partial charge in [0.2, 0.25) is 11.8 Å². The molecule has 4 heteroatoms. The lowest BCUT2D eigenvalue weighted by Gasteiger charge is -2.45. The van der Waals surface area contributed by atoms with E-state index >= 15 is 0 Å². The van der Waals surface area contributed by atoms with Gasteiger partial charge in [0.1, 0.15) is 0 Å². The van der Waals surface area contributed by atoms with E-state index in [1.165, 1.54) is 37.4 Å². The fourth-order valence-corrected chi connectivity index (χ4v) is 3.76. The van der Waals surface area contributed by atoms with E-state index in [-0.39, 0.29) is 11.8 Å². The number of carbonyl (C=O) groups excluding carboxylic acids is 2. The van der Waals surface area contributed by atoms with Crippen LogP contribution in [-0.2, 0) is 9.59 Å². The van der Waals surface area contributed by atoms with E-state index < -0.39 is 0 Å². The van der Waals surface area contributed by atoms with Gasteiger partial charge < -0.3 is 4.90 Å². The molecule has 4 aliphatic heterocycles. The quantitative estimate of drug-likeness (QED) is 0.708. The van der Waals surface area contributed by atoms with Crippen LogP contribution in [0.4, 0.5) is 0 Å². The highest BCUT2D eigenvalue weighted by atomic mass is 16.2. The van der Waals surface area contributed by atoms with E-state index in [0.29, 0.717) is 25.3 Å². The largest absolute Gasteiger partial charge is 0.303 e. The SMILES string of the molecule is O=C1CCCC(=O)N1CCC1CN2CCC1CC2. The van der Waals surface area contributed by atoms with Crippen LogP contribution >= 0.6 is 0 Å². The number of hydrogen-bond acceptors (Lipinski definition) is 3. The Balaban J connectivity index is 1.54. The summed E-state index contributed by atoms with van der Waals surface area (Å²) in [5, 5.41) is 0. The van der Waals surface area contributed by atoms with Crippen molar-refractivity contribution >= 4 is 11.8 Å². The summed E-state index contributed by atoms with van der Waals surface area (Å²) in [5.41, 5.74) is 0. The van der Waals surface area contributed by atoms with Crippen molar-refractivity contribution < 1.29 is 9.59 Å². The molecular formula is C14H22N2O2. The van der Waals surface area contributed by atoms with E-state index in [1.807, 2.05) is 0 Å². The number of amides is 2. The lowest BCUT2D eigenvalue weighted by Crippen LogP contribution is -2.49. The number of hydrogen-bond donors (Lipinski definition) is 0. The molecule has 18 heavy (non-hydrogen) atoms. The number of imide groups is 1. The summed E-state index contributed by atoms with van der Waals surface area (Å²) in [6.45, 7) is 4.35. The van der Waals surface area contributed by atoms with Gasteiger partial charge in [-0.2, -0.15) is 0 Å². The molecule has 4 aliphatic rings. The van der Waals surface area contributed by atoms with E-state index in [2.05, 4.69) is 4.90 Å². The topological polar surface area (TPSA) is 40.6 Å². The summed E-state index contributed by atoms with van der Waals surface area (Å²) < 4.78 is 0. The first-order valence-electron chi connectivity index (χ1n) is 7.29. The van der Waals surface area contributed by atoms with Gasteiger partial charge in [0.05, 0.1) is 0 Å². The first-order valence-corrected chi connectivity index (χ1v) is 7.29. The van der Waals surface area contributed by atoms with Gasteiger partial charge in [0, 0.05) is 25.9 Å². The van der Waals surface area contributed by atoms with E-state index in [1.54, 1.807) is 0 Å². The number of nitrogens with zero attached hydrogens (tertiary/aromatic N) is 2. The molecule has 0 aromatic heterocycles. The van der Waals surface area contributed by atoms with Gasteiger partial charge in [-0.15, -0.1) is 0 Å². The standard InChI is InChI=1S/C14H22N2O2/c17-13-2-1-3-14(18)16(13)9-6-12-10-15-7-4-11(12)5-8-15/h11-12H,1-10H2. The molecule has 0 aromatic carbocycles. The molecule has 0 aliphatic carbocycles. The third-order valence-corrected chi connectivity index (χ3v) is 4.90. The number of likely N-dealkylation sites (tertiary alicyclic amines) is 1. The molecule has 4 heterocycles. The number of fused-ring (bicyclic) bond motifs is 3. The lowest BCUT2D eigenvalue weighted by atomic mass is 9.77. The fraction of sp³-hybridized carbons (Fsp3) is 0.857. The number of carbonyl (C=O) groups is 2. The Morgan fingerprint density at radius 3 is 2.28 bits per heavy atom. The maximum Gasteiger partial charge on any atom is 0.229 e. The lowest BCUT2D eigenvalue weighted by molar-refractivity contribution is -0.148. The molecule has 2 amide bonds. The van der Waals surface area contributed by atoms with Crippen molar-refractivity contribution in [1.82, 2.24) is 9.80 Å². The minimum absolute atomic E-state index is 0.0486. The number of rotatable bonds is 3. The van der Waals surface area contributed by atoms with Crippen molar-refractivity contribution in [2.45, 2.75) is 38.5 Å². The molecule has 1 unspecified atom stereocenters. The molecule has 4 saturated heterocycles. The van der Waals surface area contributed by atoms with Crippen molar-refractivity contribution in [2.75, 3.05) is 26.2 Å². The van der Waals surface area contributed by atoms with Gasteiger partial charge in [-0.25, -0.2) is 0 Å². The minimum Gasteiger partial charge on any atom is -0.303 e. The minimum atomic E-state index is 0.0486. The predicted molar refractivity (Wildman–Crippen MR) is 67.8 cm³/mol. The summed E-state index contributed by atoms with van der Waals surface area (Å²) in [6, 6.07) is 0. The monoisotopic (exact) mass is 250 g/mol. The number of piperidine rings is 4. The van der Waals surface area contributed by atoms with Crippen molar-refractivity contribution in [3.05, 3.63) is 0 Å². The van der Waals surface area contributed by atoms with Crippen LogP contribution in [0.15, 0.2) is 0 Å². The normalized spacial score (nSPS) is 36.2. The smallest absolute Gasteiger partial charge is 0.229 e. The van der Waals surface area contributed by atoms with Gasteiger partial charge >= 0.3 is 0 Å². The van der Waals surface area contributed by atoms with Crippen LogP contribution in [-0.4, -0.2) is 47.8 Å². The van der Waals surface area contributed by atoms with E-state index in [4.69, 9.17) is 0 Å². The third kappa shape index (κ3) is 2.30. The molecule has 0 aromatic rings. The molecule has 4 nitrogen and oxygen atoms in total. The van der Waals surface area contributed by atoms with Crippen LogP contribution in [0.5, 0.6) is 0 Å². The highest BCUT2D eigenvalue weighted by Gasteiger charge is 2.35. The Labute approximate surface area is 108 Å². The van der Waals surface area contributed by atoms with Gasteiger partial charge in [0.15, 0.2) is 0 Å². The maximum atomic E-state index is 11.7. The molecule has 0 N–H and O–H groups in total. The summed E-state index contributed by atoms with van der Waals surface area (Å²) in [6.07, 6.45) is 5.50. The van der Waals surface area contributed by atoms with E-state index in [0.717, 1.165) is 18.8 Å². The Kier molecular flexibility index (Phi) is 3.37. The van der Waals surface area contributed by atoms with Crippen molar-refractivity contribution in [3.63, 3.8) is 0 Å². The van der Waals surface area contributed by atoms with Crippen LogP contribution < -0.4 is 0 Å². The molecule has 0 radical (unpaired) electrons. The van der Waals surface area contributed by atoms with Gasteiger partial charge in [0.25, 0.3) is 0 Å². The summed E-state index contributed by atoms with van der Waals surface area (Å²) >= 11 is 0. The zero-order valence-corrected chi connectivity index (χ0v) is 10.9. The average molecular weight is 250 g/mol. The molecule has 4 rings (SSSR count). The van der Waals surface area contributed by atoms with Crippen molar-refractivity contribution in [1.29, 1.82) is 0 Å². The predicted octanol–water partition coefficient (Wildman–Crippen LogP) is 1.26. The Morgan fingerprint density at radius 1 is 1.06 bits per heavy atom. The Hall–Kier alpha value is -0.900. The Bertz CT molecular complexity index is 332. The molecule has 2 bridgehead atoms. The fourth-order valence-electron chi connectivity index (χ4n) is 3.76. The van der Waals surface area contributed by atoms with Crippen molar-refractivity contribution in [3.8, 4) is 0 Å². The molecular weight excluding hydrogens is 228 g/mol. The first kappa shape index (κ1) is 12.2. The second-order valence-corrected chi connectivity index (χ2v) is 5.98. The molecule has 0 spiro atoms. The highest BCUT2D eigenvalue weighted by Crippen LogP contribution is 2.34. The van der Waals surface area contributed by atoms with Crippen LogP contribution in [0.25, 0.3) is 0 Å². The maximum absolute atomic E-state index is 11.7. The van der Waals surface area contributed by atoms with Crippen LogP contribution in [0, 0.1) is 11.8 Å². The van der Waals surface area contributed by atoms with Gasteiger partial charge in [-0.05, 0) is 50.6 Å². The average Bonchev–Trinajstić information content (AvgIpc) is 2.39. The zero-order valence-electron chi connectivity index (χ0n) is 10.9. The second kappa shape index (κ2) is 5.00. The molecule has 4 fully saturated rings. The van der Waals surface area contributed by atoms with Crippen LogP contribution in [0.2, 0.25) is 0 Å². The van der Waals surface area contributed by atoms with Crippen molar-refractivity contribution in [2.24, 2.45) is 11.8 Å². The molecule has 0 saturated carbocycles. The molecule has 1 atom stereocenters. The highest BCUT2D eigenvalue weighted by molar-refractivity contribution is 5.97. The zero-order chi connectivity index (χ0) is 12.5.